The van der Waals surface area contributed by atoms with Crippen LogP contribution in [0.1, 0.15) is 49.4 Å². The molecule has 1 aromatic rings. The van der Waals surface area contributed by atoms with E-state index in [1.807, 2.05) is 12.1 Å². The van der Waals surface area contributed by atoms with Gasteiger partial charge in [-0.15, -0.1) is 0 Å². The fourth-order valence-corrected chi connectivity index (χ4v) is 3.52. The minimum absolute atomic E-state index is 0.0787. The lowest BCUT2D eigenvalue weighted by molar-refractivity contribution is 0.0860. The highest BCUT2D eigenvalue weighted by atomic mass is 16.6. The Morgan fingerprint density at radius 1 is 1.15 bits per heavy atom. The van der Waals surface area contributed by atoms with E-state index in [0.29, 0.717) is 25.3 Å². The lowest BCUT2D eigenvalue weighted by Crippen LogP contribution is -2.46. The fourth-order valence-electron chi connectivity index (χ4n) is 3.52. The summed E-state index contributed by atoms with van der Waals surface area (Å²) in [6.07, 6.45) is 6.56. The summed E-state index contributed by atoms with van der Waals surface area (Å²) in [6, 6.07) is 3.86. The molecule has 0 aromatic carbocycles. The van der Waals surface area contributed by atoms with Crippen LogP contribution in [-0.4, -0.2) is 60.7 Å². The van der Waals surface area contributed by atoms with Gasteiger partial charge in [-0.1, -0.05) is 0 Å². The van der Waals surface area contributed by atoms with Gasteiger partial charge in [0, 0.05) is 38.4 Å². The molecule has 7 nitrogen and oxygen atoms in total. The number of aromatic nitrogens is 1. The average Bonchev–Trinajstić information content (AvgIpc) is 2.69. The summed E-state index contributed by atoms with van der Waals surface area (Å²) in [4.78, 5) is 32.6. The first-order valence-corrected chi connectivity index (χ1v) is 9.61. The largest absolute Gasteiger partial charge is 0.450 e. The third-order valence-corrected chi connectivity index (χ3v) is 5.05. The van der Waals surface area contributed by atoms with Gasteiger partial charge in [0.2, 0.25) is 0 Å². The van der Waals surface area contributed by atoms with Crippen LogP contribution in [0.15, 0.2) is 18.3 Å². The van der Waals surface area contributed by atoms with Crippen molar-refractivity contribution in [2.75, 3.05) is 37.7 Å². The summed E-state index contributed by atoms with van der Waals surface area (Å²) >= 11 is 0. The highest BCUT2D eigenvalue weighted by molar-refractivity contribution is 5.94. The maximum atomic E-state index is 12.4. The maximum Gasteiger partial charge on any atom is 0.409 e. The maximum absolute atomic E-state index is 12.4. The van der Waals surface area contributed by atoms with E-state index >= 15 is 0 Å². The van der Waals surface area contributed by atoms with Gasteiger partial charge in [-0.3, -0.25) is 4.79 Å². The Balaban J connectivity index is 1.48. The molecule has 0 aliphatic carbocycles. The van der Waals surface area contributed by atoms with Gasteiger partial charge in [0.25, 0.3) is 5.91 Å². The zero-order chi connectivity index (χ0) is 18.4. The highest BCUT2D eigenvalue weighted by Crippen LogP contribution is 2.18. The molecule has 0 unspecified atom stereocenters. The summed E-state index contributed by atoms with van der Waals surface area (Å²) in [5.41, 5.74) is 0.582. The van der Waals surface area contributed by atoms with Crippen LogP contribution in [0.2, 0.25) is 0 Å². The van der Waals surface area contributed by atoms with Crippen LogP contribution in [-0.2, 0) is 4.74 Å². The van der Waals surface area contributed by atoms with E-state index < -0.39 is 0 Å². The first-order valence-electron chi connectivity index (χ1n) is 9.61. The molecule has 0 spiro atoms. The number of nitrogens with zero attached hydrogens (tertiary/aromatic N) is 3. The number of carbonyl (C=O) groups is 2. The number of anilines is 1. The van der Waals surface area contributed by atoms with E-state index in [2.05, 4.69) is 15.2 Å². The Morgan fingerprint density at radius 3 is 2.50 bits per heavy atom. The molecule has 3 rings (SSSR count). The topological polar surface area (TPSA) is 74.8 Å². The molecule has 2 saturated heterocycles. The lowest BCUT2D eigenvalue weighted by Gasteiger charge is -2.31. The number of hydrogen-bond donors (Lipinski definition) is 1. The van der Waals surface area contributed by atoms with Crippen molar-refractivity contribution in [2.45, 2.75) is 45.1 Å². The van der Waals surface area contributed by atoms with Gasteiger partial charge in [-0.2, -0.15) is 0 Å². The SMILES string of the molecule is CCOC(=O)N1CCC(NC(=O)c2ccc(N3CCCCC3)nc2)CC1. The number of ether oxygens (including phenoxy) is 1. The van der Waals surface area contributed by atoms with Gasteiger partial charge in [0.1, 0.15) is 5.82 Å². The Morgan fingerprint density at radius 2 is 1.88 bits per heavy atom. The molecule has 2 aliphatic heterocycles. The van der Waals surface area contributed by atoms with Gasteiger partial charge < -0.3 is 19.9 Å². The zero-order valence-corrected chi connectivity index (χ0v) is 15.4. The molecular weight excluding hydrogens is 332 g/mol. The number of piperidine rings is 2. The van der Waals surface area contributed by atoms with E-state index in [1.54, 1.807) is 18.0 Å². The molecule has 142 valence electrons. The van der Waals surface area contributed by atoms with Gasteiger partial charge >= 0.3 is 6.09 Å². The van der Waals surface area contributed by atoms with Crippen LogP contribution in [0.3, 0.4) is 0 Å². The molecule has 7 heteroatoms. The van der Waals surface area contributed by atoms with Crippen molar-refractivity contribution >= 4 is 17.8 Å². The molecule has 0 saturated carbocycles. The van der Waals surface area contributed by atoms with E-state index in [9.17, 15) is 9.59 Å². The second-order valence-electron chi connectivity index (χ2n) is 6.89. The highest BCUT2D eigenvalue weighted by Gasteiger charge is 2.25. The van der Waals surface area contributed by atoms with Crippen molar-refractivity contribution in [1.29, 1.82) is 0 Å². The van der Waals surface area contributed by atoms with E-state index in [1.165, 1.54) is 19.3 Å². The summed E-state index contributed by atoms with van der Waals surface area (Å²) in [7, 11) is 0. The van der Waals surface area contributed by atoms with E-state index in [0.717, 1.165) is 31.7 Å². The molecule has 26 heavy (non-hydrogen) atoms. The number of carbonyl (C=O) groups excluding carboxylic acids is 2. The summed E-state index contributed by atoms with van der Waals surface area (Å²) in [6.45, 7) is 5.48. The van der Waals surface area contributed by atoms with Crippen LogP contribution < -0.4 is 10.2 Å². The van der Waals surface area contributed by atoms with Crippen molar-refractivity contribution in [3.8, 4) is 0 Å². The van der Waals surface area contributed by atoms with E-state index in [-0.39, 0.29) is 18.0 Å². The second-order valence-corrected chi connectivity index (χ2v) is 6.89. The molecule has 1 N–H and O–H groups in total. The average molecular weight is 360 g/mol. The molecule has 1 aromatic heterocycles. The number of amides is 2. The van der Waals surface area contributed by atoms with Crippen LogP contribution in [0.5, 0.6) is 0 Å². The van der Waals surface area contributed by atoms with Crippen molar-refractivity contribution in [1.82, 2.24) is 15.2 Å². The first-order chi connectivity index (χ1) is 12.7. The molecule has 3 heterocycles. The Labute approximate surface area is 154 Å². The molecular formula is C19H28N4O3. The first kappa shape index (κ1) is 18.5. The van der Waals surface area contributed by atoms with E-state index in [4.69, 9.17) is 4.74 Å². The van der Waals surface area contributed by atoms with Crippen LogP contribution >= 0.6 is 0 Å². The Kier molecular flexibility index (Phi) is 6.30. The second kappa shape index (κ2) is 8.87. The van der Waals surface area contributed by atoms with Crippen molar-refractivity contribution in [3.63, 3.8) is 0 Å². The van der Waals surface area contributed by atoms with Crippen molar-refractivity contribution in [3.05, 3.63) is 23.9 Å². The van der Waals surface area contributed by atoms with Crippen molar-refractivity contribution < 1.29 is 14.3 Å². The smallest absolute Gasteiger partial charge is 0.409 e. The number of likely N-dealkylation sites (tertiary alicyclic amines) is 1. The van der Waals surface area contributed by atoms with Gasteiger partial charge in [-0.05, 0) is 51.2 Å². The fraction of sp³-hybridized carbons (Fsp3) is 0.632. The lowest BCUT2D eigenvalue weighted by atomic mass is 10.0. The normalized spacial score (nSPS) is 18.5. The molecule has 0 atom stereocenters. The van der Waals surface area contributed by atoms with Gasteiger partial charge in [-0.25, -0.2) is 9.78 Å². The van der Waals surface area contributed by atoms with Crippen LogP contribution in [0, 0.1) is 0 Å². The quantitative estimate of drug-likeness (QED) is 0.892. The van der Waals surface area contributed by atoms with Gasteiger partial charge in [0.05, 0.1) is 12.2 Å². The number of nitrogens with one attached hydrogen (secondary N) is 1. The summed E-state index contributed by atoms with van der Waals surface area (Å²) < 4.78 is 5.02. The van der Waals surface area contributed by atoms with Crippen molar-refractivity contribution in [2.24, 2.45) is 0 Å². The van der Waals surface area contributed by atoms with Crippen LogP contribution in [0.25, 0.3) is 0 Å². The Bertz CT molecular complexity index is 606. The molecule has 2 aliphatic rings. The molecule has 0 radical (unpaired) electrons. The molecule has 2 amide bonds. The zero-order valence-electron chi connectivity index (χ0n) is 15.4. The molecule has 2 fully saturated rings. The predicted octanol–water partition coefficient (Wildman–Crippen LogP) is 2.42. The minimum Gasteiger partial charge on any atom is -0.450 e. The summed E-state index contributed by atoms with van der Waals surface area (Å²) in [5, 5.41) is 3.05. The number of hydrogen-bond acceptors (Lipinski definition) is 5. The predicted molar refractivity (Wildman–Crippen MR) is 99.4 cm³/mol. The summed E-state index contributed by atoms with van der Waals surface area (Å²) in [5.74, 6) is 0.848. The standard InChI is InChI=1S/C19H28N4O3/c1-2-26-19(25)23-12-8-16(9-13-23)21-18(24)15-6-7-17(20-14-15)22-10-4-3-5-11-22/h6-7,14,16H,2-5,8-13H2,1H3,(H,21,24). The minimum atomic E-state index is -0.269. The third-order valence-electron chi connectivity index (χ3n) is 5.05. The van der Waals surface area contributed by atoms with Gasteiger partial charge in [0.15, 0.2) is 0 Å². The monoisotopic (exact) mass is 360 g/mol. The van der Waals surface area contributed by atoms with Crippen LogP contribution in [0.4, 0.5) is 10.6 Å². The number of rotatable bonds is 4. The number of pyridine rings is 1. The Hall–Kier alpha value is -2.31. The molecule has 0 bridgehead atoms. The third kappa shape index (κ3) is 4.65.